The van der Waals surface area contributed by atoms with Crippen molar-refractivity contribution in [3.05, 3.63) is 52.7 Å². The molecule has 0 atom stereocenters. The van der Waals surface area contributed by atoms with Crippen LogP contribution in [-0.2, 0) is 22.1 Å². The second-order valence-electron chi connectivity index (χ2n) is 4.90. The average Bonchev–Trinajstić information content (AvgIpc) is 2.46. The zero-order chi connectivity index (χ0) is 16.2. The Morgan fingerprint density at radius 3 is 2.68 bits per heavy atom. The van der Waals surface area contributed by atoms with Gasteiger partial charge in [-0.3, -0.25) is 0 Å². The third-order valence-electron chi connectivity index (χ3n) is 2.93. The summed E-state index contributed by atoms with van der Waals surface area (Å²) in [5.41, 5.74) is 2.22. The first-order valence-electron chi connectivity index (χ1n) is 6.57. The molecule has 1 N–H and O–H groups in total. The van der Waals surface area contributed by atoms with E-state index in [4.69, 9.17) is 16.3 Å². The third kappa shape index (κ3) is 4.89. The minimum absolute atomic E-state index is 0.0659. The molecule has 0 aliphatic rings. The molecule has 1 heterocycles. The molecule has 2 aromatic rings. The van der Waals surface area contributed by atoms with Crippen LogP contribution in [0.2, 0.25) is 5.02 Å². The number of benzene rings is 1. The molecule has 0 saturated heterocycles. The monoisotopic (exact) mass is 340 g/mol. The first kappa shape index (κ1) is 16.6. The Kier molecular flexibility index (Phi) is 5.26. The number of halogens is 1. The molecule has 0 bridgehead atoms. The SMILES string of the molecule is COc1cccc(CNc2ccc(CS(C)(=O)=O)c(Cl)c2)n1. The van der Waals surface area contributed by atoms with Crippen LogP contribution in [0.1, 0.15) is 11.3 Å². The van der Waals surface area contributed by atoms with Gasteiger partial charge in [-0.2, -0.15) is 0 Å². The number of methoxy groups -OCH3 is 1. The Morgan fingerprint density at radius 1 is 1.27 bits per heavy atom. The molecule has 118 valence electrons. The fourth-order valence-electron chi connectivity index (χ4n) is 1.92. The van der Waals surface area contributed by atoms with E-state index in [1.807, 2.05) is 12.1 Å². The maximum atomic E-state index is 11.3. The number of nitrogens with zero attached hydrogens (tertiary/aromatic N) is 1. The normalized spacial score (nSPS) is 11.2. The fourth-order valence-corrected chi connectivity index (χ4v) is 3.06. The number of hydrogen-bond donors (Lipinski definition) is 1. The number of nitrogens with one attached hydrogen (secondary N) is 1. The fraction of sp³-hybridized carbons (Fsp3) is 0.267. The quantitative estimate of drug-likeness (QED) is 0.875. The van der Waals surface area contributed by atoms with Crippen LogP contribution in [0, 0.1) is 0 Å². The standard InChI is InChI=1S/C15H17ClN2O3S/c1-21-15-5-3-4-13(18-15)9-17-12-7-6-11(14(16)8-12)10-22(2,19)20/h3-8,17H,9-10H2,1-2H3. The maximum absolute atomic E-state index is 11.3. The van der Waals surface area contributed by atoms with Gasteiger partial charge in [0.05, 0.1) is 25.1 Å². The van der Waals surface area contributed by atoms with E-state index >= 15 is 0 Å². The van der Waals surface area contributed by atoms with Gasteiger partial charge in [-0.15, -0.1) is 0 Å². The number of rotatable bonds is 6. The van der Waals surface area contributed by atoms with Gasteiger partial charge in [-0.25, -0.2) is 13.4 Å². The van der Waals surface area contributed by atoms with E-state index < -0.39 is 9.84 Å². The van der Waals surface area contributed by atoms with Crippen LogP contribution in [0.25, 0.3) is 0 Å². The number of ether oxygens (including phenoxy) is 1. The van der Waals surface area contributed by atoms with Gasteiger partial charge in [0, 0.05) is 23.0 Å². The lowest BCUT2D eigenvalue weighted by molar-refractivity contribution is 0.396. The van der Waals surface area contributed by atoms with Crippen LogP contribution in [0.15, 0.2) is 36.4 Å². The number of sulfone groups is 1. The van der Waals surface area contributed by atoms with Gasteiger partial charge in [-0.05, 0) is 23.8 Å². The molecule has 0 fully saturated rings. The predicted molar refractivity (Wildman–Crippen MR) is 88.1 cm³/mol. The Hall–Kier alpha value is -1.79. The molecule has 1 aromatic heterocycles. The lowest BCUT2D eigenvalue weighted by Gasteiger charge is -2.09. The van der Waals surface area contributed by atoms with Crippen LogP contribution in [0.3, 0.4) is 0 Å². The van der Waals surface area contributed by atoms with Crippen molar-refractivity contribution in [3.8, 4) is 5.88 Å². The summed E-state index contributed by atoms with van der Waals surface area (Å²) in [6, 6.07) is 10.8. The highest BCUT2D eigenvalue weighted by Gasteiger charge is 2.09. The topological polar surface area (TPSA) is 68.3 Å². The molecule has 22 heavy (non-hydrogen) atoms. The minimum atomic E-state index is -3.10. The van der Waals surface area contributed by atoms with Gasteiger partial charge in [0.25, 0.3) is 0 Å². The van der Waals surface area contributed by atoms with E-state index in [9.17, 15) is 8.42 Å². The second-order valence-corrected chi connectivity index (χ2v) is 7.45. The smallest absolute Gasteiger partial charge is 0.213 e. The molecular weight excluding hydrogens is 324 g/mol. The lowest BCUT2D eigenvalue weighted by atomic mass is 10.2. The zero-order valence-corrected chi connectivity index (χ0v) is 13.9. The molecule has 5 nitrogen and oxygen atoms in total. The highest BCUT2D eigenvalue weighted by atomic mass is 35.5. The Bertz CT molecular complexity index is 763. The Balaban J connectivity index is 2.06. The summed E-state index contributed by atoms with van der Waals surface area (Å²) >= 11 is 6.12. The predicted octanol–water partition coefficient (Wildman–Crippen LogP) is 2.90. The molecule has 1 aromatic carbocycles. The van der Waals surface area contributed by atoms with Crippen molar-refractivity contribution in [1.82, 2.24) is 4.98 Å². The highest BCUT2D eigenvalue weighted by molar-refractivity contribution is 7.89. The lowest BCUT2D eigenvalue weighted by Crippen LogP contribution is -2.04. The summed E-state index contributed by atoms with van der Waals surface area (Å²) in [4.78, 5) is 4.30. The largest absolute Gasteiger partial charge is 0.481 e. The molecule has 0 radical (unpaired) electrons. The second kappa shape index (κ2) is 6.98. The van der Waals surface area contributed by atoms with Crippen molar-refractivity contribution in [3.63, 3.8) is 0 Å². The summed E-state index contributed by atoms with van der Waals surface area (Å²) < 4.78 is 27.7. The Labute approximate surface area is 135 Å². The van der Waals surface area contributed by atoms with Gasteiger partial charge in [0.2, 0.25) is 5.88 Å². The van der Waals surface area contributed by atoms with Crippen molar-refractivity contribution >= 4 is 27.1 Å². The molecule has 0 unspecified atom stereocenters. The van der Waals surface area contributed by atoms with Crippen LogP contribution < -0.4 is 10.1 Å². The first-order chi connectivity index (χ1) is 10.4. The van der Waals surface area contributed by atoms with Gasteiger partial charge in [0.15, 0.2) is 9.84 Å². The van der Waals surface area contributed by atoms with E-state index in [-0.39, 0.29) is 5.75 Å². The average molecular weight is 341 g/mol. The van der Waals surface area contributed by atoms with Crippen LogP contribution >= 0.6 is 11.6 Å². The molecule has 0 saturated carbocycles. The van der Waals surface area contributed by atoms with Crippen molar-refractivity contribution < 1.29 is 13.2 Å². The molecule has 0 spiro atoms. The molecular formula is C15H17ClN2O3S. The zero-order valence-electron chi connectivity index (χ0n) is 12.3. The number of hydrogen-bond acceptors (Lipinski definition) is 5. The minimum Gasteiger partial charge on any atom is -0.481 e. The molecule has 0 amide bonds. The number of anilines is 1. The van der Waals surface area contributed by atoms with Crippen LogP contribution in [-0.4, -0.2) is 26.8 Å². The molecule has 0 aliphatic carbocycles. The van der Waals surface area contributed by atoms with Crippen molar-refractivity contribution in [2.24, 2.45) is 0 Å². The highest BCUT2D eigenvalue weighted by Crippen LogP contribution is 2.23. The van der Waals surface area contributed by atoms with Crippen molar-refractivity contribution in [1.29, 1.82) is 0 Å². The van der Waals surface area contributed by atoms with E-state index in [0.29, 0.717) is 23.0 Å². The summed E-state index contributed by atoms with van der Waals surface area (Å²) in [5.74, 6) is 0.490. The van der Waals surface area contributed by atoms with Crippen LogP contribution in [0.4, 0.5) is 5.69 Å². The van der Waals surface area contributed by atoms with Gasteiger partial charge in [0.1, 0.15) is 0 Å². The Morgan fingerprint density at radius 2 is 2.05 bits per heavy atom. The summed E-state index contributed by atoms with van der Waals surface area (Å²) in [6.07, 6.45) is 1.18. The van der Waals surface area contributed by atoms with E-state index in [1.54, 1.807) is 31.4 Å². The van der Waals surface area contributed by atoms with E-state index in [0.717, 1.165) is 11.4 Å². The van der Waals surface area contributed by atoms with E-state index in [2.05, 4.69) is 10.3 Å². The van der Waals surface area contributed by atoms with Crippen molar-refractivity contribution in [2.75, 3.05) is 18.7 Å². The first-order valence-corrected chi connectivity index (χ1v) is 9.01. The van der Waals surface area contributed by atoms with Gasteiger partial charge in [-0.1, -0.05) is 23.7 Å². The molecule has 7 heteroatoms. The number of pyridine rings is 1. The number of aromatic nitrogens is 1. The third-order valence-corrected chi connectivity index (χ3v) is 4.12. The maximum Gasteiger partial charge on any atom is 0.213 e. The molecule has 2 rings (SSSR count). The summed E-state index contributed by atoms with van der Waals surface area (Å²) in [6.45, 7) is 0.513. The van der Waals surface area contributed by atoms with Crippen molar-refractivity contribution in [2.45, 2.75) is 12.3 Å². The van der Waals surface area contributed by atoms with Crippen LogP contribution in [0.5, 0.6) is 5.88 Å². The summed E-state index contributed by atoms with van der Waals surface area (Å²) in [7, 11) is -1.53. The van der Waals surface area contributed by atoms with E-state index in [1.165, 1.54) is 6.26 Å². The van der Waals surface area contributed by atoms with Gasteiger partial charge >= 0.3 is 0 Å². The van der Waals surface area contributed by atoms with Gasteiger partial charge < -0.3 is 10.1 Å². The summed E-state index contributed by atoms with van der Waals surface area (Å²) in [5, 5.41) is 3.62. The molecule has 0 aliphatic heterocycles.